The van der Waals surface area contributed by atoms with E-state index in [1.165, 1.54) is 0 Å². The quantitative estimate of drug-likeness (QED) is 0.0474. The van der Waals surface area contributed by atoms with E-state index in [-0.39, 0.29) is 23.7 Å². The minimum absolute atomic E-state index is 0.0290. The monoisotopic (exact) mass is 1330 g/mol. The summed E-state index contributed by atoms with van der Waals surface area (Å²) >= 11 is 0. The summed E-state index contributed by atoms with van der Waals surface area (Å²) in [6, 6.07) is 39.0. The molecular weight excluding hydrogens is 1250 g/mol. The predicted octanol–water partition coefficient (Wildman–Crippen LogP) is -2.54. The number of aliphatic hydroxyl groups is 16. The number of aromatic amines is 3. The van der Waals surface area contributed by atoms with Gasteiger partial charge >= 0.3 is 0 Å². The number of nitrogens with one attached hydrogen (secondary N) is 4. The second kappa shape index (κ2) is 28.0. The molecule has 27 heteroatoms. The molecule has 0 unspecified atom stereocenters. The summed E-state index contributed by atoms with van der Waals surface area (Å²) in [4.78, 5) is 11.1. The Morgan fingerprint density at radius 2 is 0.667 bits per heavy atom. The van der Waals surface area contributed by atoms with Gasteiger partial charge in [-0.2, -0.15) is 0 Å². The fourth-order valence-corrected chi connectivity index (χ4v) is 13.4. The maximum Gasteiger partial charge on any atom is 0.229 e. The van der Waals surface area contributed by atoms with E-state index in [9.17, 15) is 81.7 Å². The lowest BCUT2D eigenvalue weighted by atomic mass is 9.81. The zero-order chi connectivity index (χ0) is 67.4. The van der Waals surface area contributed by atoms with Gasteiger partial charge in [-0.3, -0.25) is 0 Å². The zero-order valence-corrected chi connectivity index (χ0v) is 51.2. The molecule has 3 aromatic heterocycles. The van der Waals surface area contributed by atoms with Gasteiger partial charge in [-0.05, 0) is 126 Å². The summed E-state index contributed by atoms with van der Waals surface area (Å²) in [5.41, 5.74) is 8.46. The van der Waals surface area contributed by atoms with Crippen LogP contribution >= 0.6 is 0 Å². The van der Waals surface area contributed by atoms with Crippen LogP contribution in [0.15, 0.2) is 145 Å². The minimum atomic E-state index is -1.72. The number of ether oxygens (including phenoxy) is 7. The van der Waals surface area contributed by atoms with E-state index in [2.05, 4.69) is 20.3 Å². The van der Waals surface area contributed by atoms with Crippen molar-refractivity contribution in [2.24, 2.45) is 5.92 Å². The Morgan fingerprint density at radius 1 is 0.333 bits per heavy atom. The Labute approximate surface area is 547 Å². The fourth-order valence-electron chi connectivity index (χ4n) is 13.4. The molecule has 1 saturated carbocycles. The van der Waals surface area contributed by atoms with Crippen LogP contribution in [0.25, 0.3) is 22.3 Å². The second-order valence-electron chi connectivity index (χ2n) is 24.8. The van der Waals surface area contributed by atoms with Gasteiger partial charge in [-0.15, -0.1) is 0 Å². The van der Waals surface area contributed by atoms with Crippen molar-refractivity contribution in [1.29, 1.82) is 0 Å². The fraction of sp³-hybridized carbons (Fsp3) is 0.391. The van der Waals surface area contributed by atoms with E-state index < -0.39 is 149 Å². The zero-order valence-electron chi connectivity index (χ0n) is 51.2. The molecule has 13 rings (SSSR count). The molecule has 20 N–H and O–H groups in total. The van der Waals surface area contributed by atoms with Crippen molar-refractivity contribution in [2.75, 3.05) is 26.4 Å². The number of fused-ring (bicyclic) bond motifs is 8. The van der Waals surface area contributed by atoms with Crippen LogP contribution in [-0.4, -0.2) is 240 Å². The average molecular weight is 1330 g/mol. The van der Waals surface area contributed by atoms with E-state index in [1.54, 1.807) is 72.8 Å². The first-order valence-corrected chi connectivity index (χ1v) is 31.5. The largest absolute Gasteiger partial charge is 0.488 e. The van der Waals surface area contributed by atoms with E-state index in [1.807, 2.05) is 60.7 Å². The molecule has 27 nitrogen and oxygen atoms in total. The standard InChI is InChI=1S/C69H76N4O23/c74-26-34-25-47(56(79)60(83)55(34)78)90-35-9-1-5-30(21-35)51-39-13-15-41(70-39)52(31-6-2-10-36(22-31)91-67-64(87)61(84)57(80)48(27-75)94-67)43-17-19-45(72-43)54(33-8-4-12-38(24-33)93-69-66(89)63(86)59(82)50(29-77)96-69)46-20-18-44(73-46)53(42-16-14-40(51)71-42)32-7-3-11-37(23-32)92-68-65(88)62(85)58(81)49(28-76)95-68/h1-13,15,17-24,34,47-50,55-89H,14,16,25-29H2/t34-,47-,48-,49-,50+,55-,56+,57-,58-,59+,60+,61+,62+,63-,64-,65-,66+,67-,68-,69+/m1/s1. The summed E-state index contributed by atoms with van der Waals surface area (Å²) in [6.45, 7) is -2.50. The van der Waals surface area contributed by atoms with Gasteiger partial charge in [0.15, 0.2) is 0 Å². The molecule has 5 aliphatic heterocycles. The van der Waals surface area contributed by atoms with Crippen LogP contribution in [0.2, 0.25) is 0 Å². The van der Waals surface area contributed by atoms with Crippen LogP contribution in [0, 0.1) is 5.92 Å². The summed E-state index contributed by atoms with van der Waals surface area (Å²) in [6.07, 6.45) is -28.2. The Morgan fingerprint density at radius 3 is 1.02 bits per heavy atom. The van der Waals surface area contributed by atoms with Gasteiger partial charge in [0.25, 0.3) is 0 Å². The number of hydrogen-bond acceptors (Lipinski definition) is 24. The van der Waals surface area contributed by atoms with Crippen LogP contribution in [-0.2, 0) is 14.2 Å². The van der Waals surface area contributed by atoms with Crippen molar-refractivity contribution in [1.82, 2.24) is 20.3 Å². The number of allylic oxidation sites excluding steroid dienone is 2. The summed E-state index contributed by atoms with van der Waals surface area (Å²) in [5, 5.41) is 175. The van der Waals surface area contributed by atoms with Crippen molar-refractivity contribution in [2.45, 2.75) is 136 Å². The molecular formula is C69H76N4O23. The van der Waals surface area contributed by atoms with E-state index in [0.717, 1.165) is 5.70 Å². The molecule has 8 heterocycles. The third-order valence-corrected chi connectivity index (χ3v) is 18.6. The Balaban J connectivity index is 1.00. The van der Waals surface area contributed by atoms with E-state index >= 15 is 0 Å². The molecule has 1 aliphatic carbocycles. The third kappa shape index (κ3) is 12.9. The van der Waals surface area contributed by atoms with E-state index in [4.69, 9.17) is 33.2 Å². The third-order valence-electron chi connectivity index (χ3n) is 18.6. The van der Waals surface area contributed by atoms with Crippen molar-refractivity contribution in [3.05, 3.63) is 201 Å². The highest BCUT2D eigenvalue weighted by atomic mass is 16.7. The van der Waals surface area contributed by atoms with Crippen molar-refractivity contribution in [3.8, 4) is 23.0 Å². The van der Waals surface area contributed by atoms with Crippen LogP contribution in [0.1, 0.15) is 64.3 Å². The van der Waals surface area contributed by atoms with Crippen molar-refractivity contribution in [3.63, 3.8) is 0 Å². The lowest BCUT2D eigenvalue weighted by Gasteiger charge is -2.39. The first-order chi connectivity index (χ1) is 46.3. The van der Waals surface area contributed by atoms with Crippen LogP contribution in [0.3, 0.4) is 0 Å². The second-order valence-corrected chi connectivity index (χ2v) is 24.8. The molecule has 4 saturated heterocycles. The topological polar surface area (TPSA) is 448 Å². The molecule has 20 atom stereocenters. The number of rotatable bonds is 16. The molecule has 510 valence electrons. The van der Waals surface area contributed by atoms with Gasteiger partial charge in [0.2, 0.25) is 18.9 Å². The number of aliphatic hydroxyl groups excluding tert-OH is 16. The molecule has 0 spiro atoms. The van der Waals surface area contributed by atoms with Crippen LogP contribution < -0.4 is 35.0 Å². The van der Waals surface area contributed by atoms with Crippen molar-refractivity contribution >= 4 is 22.3 Å². The molecule has 7 aromatic rings. The first-order valence-electron chi connectivity index (χ1n) is 31.5. The minimum Gasteiger partial charge on any atom is -0.488 e. The molecule has 0 radical (unpaired) electrons. The maximum atomic E-state index is 11.2. The van der Waals surface area contributed by atoms with Crippen LogP contribution in [0.5, 0.6) is 23.0 Å². The number of benzene rings is 4. The summed E-state index contributed by atoms with van der Waals surface area (Å²) in [7, 11) is 0. The number of aromatic nitrogens is 3. The van der Waals surface area contributed by atoms with Gasteiger partial charge in [-0.25, -0.2) is 0 Å². The highest BCUT2D eigenvalue weighted by molar-refractivity contribution is 5.88. The normalized spacial score (nSPS) is 32.5. The highest BCUT2D eigenvalue weighted by Gasteiger charge is 2.48. The molecule has 6 aliphatic rings. The lowest BCUT2D eigenvalue weighted by Crippen LogP contribution is -2.60. The highest BCUT2D eigenvalue weighted by Crippen LogP contribution is 2.41. The SMILES string of the molecule is OC[C@H]1C[C@@H](Oc2cccc(C3=C4CCC(=C(c5cccc(O[C@@H]6O[C@H](CO)[C@@H](O)[C@H](O)[C@H]6O)c5)c5ccc([nH]5)C(c5cccc(O[C@H]6O[C@@H](CO)[C@H](O)[C@@H](O)[C@@H]6O)c5)=c5ccc([nH]5)=C(c5cccc(O[C@@H]6O[C@H](CO)[C@@H](O)[C@H](O)[C@H]6O)c5)c5ccc3[nH]5)N4)c2)[C@H](O)[C@@H](O)[C@@H]1O. The molecule has 96 heavy (non-hydrogen) atoms. The molecule has 0 amide bonds. The summed E-state index contributed by atoms with van der Waals surface area (Å²) < 4.78 is 42.3. The van der Waals surface area contributed by atoms with Gasteiger partial charge in [0, 0.05) is 79.7 Å². The number of hydrogen-bond donors (Lipinski definition) is 20. The predicted molar refractivity (Wildman–Crippen MR) is 336 cm³/mol. The average Bonchev–Trinajstić information content (AvgIpc) is 1.59. The Bertz CT molecular complexity index is 3850. The van der Waals surface area contributed by atoms with Crippen molar-refractivity contribution < 1.29 is 115 Å². The van der Waals surface area contributed by atoms with E-state index in [0.29, 0.717) is 102 Å². The van der Waals surface area contributed by atoms with Gasteiger partial charge < -0.3 is 135 Å². The Hall–Kier alpha value is -7.82. The van der Waals surface area contributed by atoms with Gasteiger partial charge in [0.05, 0.1) is 25.9 Å². The van der Waals surface area contributed by atoms with Gasteiger partial charge in [0.1, 0.15) is 115 Å². The number of H-pyrrole nitrogens is 3. The first kappa shape index (κ1) is 66.8. The summed E-state index contributed by atoms with van der Waals surface area (Å²) in [5.74, 6) is 0.0381. The molecule has 8 bridgehead atoms. The lowest BCUT2D eigenvalue weighted by molar-refractivity contribution is -0.277. The Kier molecular flexibility index (Phi) is 19.4. The molecule has 5 fully saturated rings. The molecule has 4 aromatic carbocycles. The smallest absolute Gasteiger partial charge is 0.229 e. The van der Waals surface area contributed by atoms with Crippen LogP contribution in [0.4, 0.5) is 0 Å². The van der Waals surface area contributed by atoms with Gasteiger partial charge in [-0.1, -0.05) is 48.5 Å². The maximum absolute atomic E-state index is 11.2.